The Labute approximate surface area is 154 Å². The van der Waals surface area contributed by atoms with E-state index in [-0.39, 0.29) is 16.8 Å². The number of carboxylic acids is 1. The fraction of sp³-hybridized carbons (Fsp3) is 0.526. The predicted octanol–water partition coefficient (Wildman–Crippen LogP) is 4.18. The number of carbonyl (C=O) groups is 1. The number of aliphatic carboxylic acids is 1. The van der Waals surface area contributed by atoms with Crippen molar-refractivity contribution in [3.8, 4) is 11.4 Å². The highest BCUT2D eigenvalue weighted by Crippen LogP contribution is 2.57. The molecule has 3 fully saturated rings. The molecule has 2 aromatic rings. The van der Waals surface area contributed by atoms with Crippen molar-refractivity contribution in [2.75, 3.05) is 0 Å². The lowest BCUT2D eigenvalue weighted by Crippen LogP contribution is -2.48. The lowest BCUT2D eigenvalue weighted by atomic mass is 9.53. The third-order valence-corrected chi connectivity index (χ3v) is 6.52. The van der Waals surface area contributed by atoms with E-state index in [9.17, 15) is 23.1 Å². The molecule has 1 aromatic carbocycles. The predicted molar refractivity (Wildman–Crippen MR) is 90.9 cm³/mol. The molecule has 2 bridgehead atoms. The molecule has 144 valence electrons. The average molecular weight is 379 g/mol. The van der Waals surface area contributed by atoms with Gasteiger partial charge < -0.3 is 9.67 Å². The maximum absolute atomic E-state index is 13.4. The van der Waals surface area contributed by atoms with E-state index in [1.54, 1.807) is 17.7 Å². The normalized spacial score (nSPS) is 27.7. The molecule has 5 nitrogen and oxygen atoms in total. The first-order valence-corrected chi connectivity index (χ1v) is 8.98. The van der Waals surface area contributed by atoms with Crippen molar-refractivity contribution in [1.29, 1.82) is 0 Å². The fourth-order valence-electron chi connectivity index (χ4n) is 4.79. The summed E-state index contributed by atoms with van der Waals surface area (Å²) in [6.45, 7) is 0. The summed E-state index contributed by atoms with van der Waals surface area (Å²) in [6.07, 6.45) is -0.737. The highest BCUT2D eigenvalue weighted by atomic mass is 19.4. The van der Waals surface area contributed by atoms with Gasteiger partial charge in [0, 0.05) is 18.0 Å². The van der Waals surface area contributed by atoms with Gasteiger partial charge >= 0.3 is 12.1 Å². The molecule has 0 atom stereocenters. The number of aromatic nitrogens is 3. The zero-order valence-corrected chi connectivity index (χ0v) is 14.9. The summed E-state index contributed by atoms with van der Waals surface area (Å²) in [6, 6.07) is 5.37. The van der Waals surface area contributed by atoms with Crippen molar-refractivity contribution in [1.82, 2.24) is 14.8 Å². The summed E-state index contributed by atoms with van der Waals surface area (Å²) in [4.78, 5) is 11.6. The number of nitrogens with zero attached hydrogens (tertiary/aromatic N) is 3. The van der Waals surface area contributed by atoms with Crippen molar-refractivity contribution >= 4 is 5.97 Å². The molecule has 0 amide bonds. The number of fused-ring (bicyclic) bond motifs is 3. The number of hydrogen-bond acceptors (Lipinski definition) is 3. The topological polar surface area (TPSA) is 68.0 Å². The highest BCUT2D eigenvalue weighted by Gasteiger charge is 2.55. The minimum atomic E-state index is -4.47. The Kier molecular flexibility index (Phi) is 3.87. The molecule has 5 rings (SSSR count). The Hall–Kier alpha value is -2.38. The van der Waals surface area contributed by atoms with Gasteiger partial charge in [-0.15, -0.1) is 10.2 Å². The van der Waals surface area contributed by atoms with Crippen LogP contribution in [0.5, 0.6) is 0 Å². The largest absolute Gasteiger partial charge is 0.481 e. The highest BCUT2D eigenvalue weighted by molar-refractivity contribution is 5.75. The SMILES string of the molecule is Cn1c(-c2ccccc2C(F)(F)F)nnc1C12CCC(C(=O)O)(CC1)CC2. The minimum Gasteiger partial charge on any atom is -0.481 e. The van der Waals surface area contributed by atoms with E-state index in [2.05, 4.69) is 10.2 Å². The summed E-state index contributed by atoms with van der Waals surface area (Å²) in [5.74, 6) is 0.106. The van der Waals surface area contributed by atoms with Gasteiger partial charge in [-0.05, 0) is 44.6 Å². The first kappa shape index (κ1) is 18.0. The van der Waals surface area contributed by atoms with Gasteiger partial charge in [0.1, 0.15) is 5.82 Å². The van der Waals surface area contributed by atoms with E-state index in [0.29, 0.717) is 44.3 Å². The number of rotatable bonds is 3. The Balaban J connectivity index is 1.73. The molecule has 0 saturated heterocycles. The zero-order chi connectivity index (χ0) is 19.4. The summed E-state index contributed by atoms with van der Waals surface area (Å²) in [7, 11) is 1.69. The lowest BCUT2D eigenvalue weighted by Gasteiger charge is -2.50. The molecule has 1 aromatic heterocycles. The molecular weight excluding hydrogens is 359 g/mol. The van der Waals surface area contributed by atoms with Crippen LogP contribution >= 0.6 is 0 Å². The van der Waals surface area contributed by atoms with Gasteiger partial charge in [-0.3, -0.25) is 4.79 Å². The molecule has 1 heterocycles. The van der Waals surface area contributed by atoms with E-state index in [1.807, 2.05) is 0 Å². The summed E-state index contributed by atoms with van der Waals surface area (Å²) < 4.78 is 41.8. The molecule has 0 unspecified atom stereocenters. The van der Waals surface area contributed by atoms with Crippen LogP contribution in [0, 0.1) is 5.41 Å². The molecular formula is C19H20F3N3O2. The summed E-state index contributed by atoms with van der Waals surface area (Å²) >= 11 is 0. The van der Waals surface area contributed by atoms with Crippen LogP contribution in [0.3, 0.4) is 0 Å². The van der Waals surface area contributed by atoms with Crippen LogP contribution in [0.25, 0.3) is 11.4 Å². The molecule has 0 spiro atoms. The van der Waals surface area contributed by atoms with Crippen LogP contribution in [0.15, 0.2) is 24.3 Å². The Morgan fingerprint density at radius 1 is 1.07 bits per heavy atom. The number of hydrogen-bond donors (Lipinski definition) is 1. The van der Waals surface area contributed by atoms with Gasteiger partial charge in [0.15, 0.2) is 5.82 Å². The molecule has 0 radical (unpaired) electrons. The molecule has 27 heavy (non-hydrogen) atoms. The van der Waals surface area contributed by atoms with E-state index in [1.165, 1.54) is 12.1 Å². The van der Waals surface area contributed by atoms with Crippen molar-refractivity contribution in [3.63, 3.8) is 0 Å². The zero-order valence-electron chi connectivity index (χ0n) is 14.9. The number of halogens is 3. The Morgan fingerprint density at radius 3 is 2.22 bits per heavy atom. The van der Waals surface area contributed by atoms with E-state index in [4.69, 9.17) is 0 Å². The van der Waals surface area contributed by atoms with Crippen molar-refractivity contribution in [3.05, 3.63) is 35.7 Å². The lowest BCUT2D eigenvalue weighted by molar-refractivity contribution is -0.156. The third kappa shape index (κ3) is 2.64. The van der Waals surface area contributed by atoms with Gasteiger partial charge in [0.2, 0.25) is 0 Å². The molecule has 3 saturated carbocycles. The monoisotopic (exact) mass is 379 g/mol. The van der Waals surface area contributed by atoms with E-state index < -0.39 is 23.1 Å². The van der Waals surface area contributed by atoms with Crippen molar-refractivity contribution in [2.45, 2.75) is 50.1 Å². The maximum Gasteiger partial charge on any atom is 0.417 e. The van der Waals surface area contributed by atoms with Crippen molar-refractivity contribution in [2.24, 2.45) is 12.5 Å². The first-order chi connectivity index (χ1) is 12.7. The second-order valence-corrected chi connectivity index (χ2v) is 7.82. The molecule has 0 aliphatic heterocycles. The van der Waals surface area contributed by atoms with Gasteiger partial charge in [-0.25, -0.2) is 0 Å². The van der Waals surface area contributed by atoms with Crippen LogP contribution in [0.1, 0.15) is 49.9 Å². The molecule has 1 N–H and O–H groups in total. The van der Waals surface area contributed by atoms with Crippen LogP contribution in [0.4, 0.5) is 13.2 Å². The third-order valence-electron chi connectivity index (χ3n) is 6.52. The maximum atomic E-state index is 13.4. The Bertz CT molecular complexity index is 879. The second kappa shape index (κ2) is 5.81. The van der Waals surface area contributed by atoms with Crippen molar-refractivity contribution < 1.29 is 23.1 Å². The van der Waals surface area contributed by atoms with Gasteiger partial charge in [-0.1, -0.05) is 18.2 Å². The minimum absolute atomic E-state index is 0.00847. The molecule has 3 aliphatic carbocycles. The number of alkyl halides is 3. The van der Waals surface area contributed by atoms with E-state index in [0.717, 1.165) is 6.07 Å². The average Bonchev–Trinajstić information content (AvgIpc) is 3.04. The standard InChI is InChI=1S/C19H20F3N3O2/c1-25-14(12-4-2-3-5-13(12)19(20,21)22)23-24-15(25)17-6-9-18(10-7-17,11-8-17)16(26)27/h2-5H,6-11H2,1H3,(H,26,27). The molecule has 8 heteroatoms. The number of carboxylic acid groups (broad SMARTS) is 1. The van der Waals surface area contributed by atoms with Gasteiger partial charge in [0.05, 0.1) is 11.0 Å². The number of benzene rings is 1. The quantitative estimate of drug-likeness (QED) is 0.869. The van der Waals surface area contributed by atoms with Crippen LogP contribution in [-0.2, 0) is 23.4 Å². The van der Waals surface area contributed by atoms with Crippen LogP contribution < -0.4 is 0 Å². The smallest absolute Gasteiger partial charge is 0.417 e. The Morgan fingerprint density at radius 2 is 1.67 bits per heavy atom. The van der Waals surface area contributed by atoms with Gasteiger partial charge in [-0.2, -0.15) is 13.2 Å². The van der Waals surface area contributed by atoms with Crippen LogP contribution in [0.2, 0.25) is 0 Å². The second-order valence-electron chi connectivity index (χ2n) is 7.82. The van der Waals surface area contributed by atoms with E-state index >= 15 is 0 Å². The first-order valence-electron chi connectivity index (χ1n) is 8.98. The fourth-order valence-corrected chi connectivity index (χ4v) is 4.79. The van der Waals surface area contributed by atoms with Crippen LogP contribution in [-0.4, -0.2) is 25.8 Å². The van der Waals surface area contributed by atoms with Gasteiger partial charge in [0.25, 0.3) is 0 Å². The summed E-state index contributed by atoms with van der Waals surface area (Å²) in [5.41, 5.74) is -1.67. The molecule has 3 aliphatic rings. The summed E-state index contributed by atoms with van der Waals surface area (Å²) in [5, 5.41) is 17.9.